The van der Waals surface area contributed by atoms with Gasteiger partial charge in [-0.1, -0.05) is 0 Å². The molecular formula is C9H8F6N4. The standard InChI is InChI=1S/C5H5F3N2.C4H3F3N2/c1-10-2-4(9-3-10)5(6,7)8;5-4(6,7)3-1-8-2-9-3/h2-3H,1H3;1-2H,(H,8,9). The maximum Gasteiger partial charge on any atom is 0.434 e. The third-order valence-corrected chi connectivity index (χ3v) is 1.80. The second kappa shape index (κ2) is 5.33. The molecule has 2 aromatic heterocycles. The van der Waals surface area contributed by atoms with Gasteiger partial charge in [0.1, 0.15) is 5.69 Å². The summed E-state index contributed by atoms with van der Waals surface area (Å²) in [7, 11) is 1.49. The molecule has 0 fully saturated rings. The van der Waals surface area contributed by atoms with E-state index in [1.807, 2.05) is 4.98 Å². The fraction of sp³-hybridized carbons (Fsp3) is 0.333. The van der Waals surface area contributed by atoms with Gasteiger partial charge < -0.3 is 9.55 Å². The molecule has 0 amide bonds. The summed E-state index contributed by atoms with van der Waals surface area (Å²) in [5.74, 6) is 0. The Hall–Kier alpha value is -2.00. The maximum absolute atomic E-state index is 11.7. The van der Waals surface area contributed by atoms with Crippen molar-refractivity contribution >= 4 is 0 Å². The SMILES string of the molecule is Cn1cnc(C(F)(F)F)c1.FC(F)(F)c1cnc[nH]1. The second-order valence-corrected chi connectivity index (χ2v) is 3.39. The van der Waals surface area contributed by atoms with Gasteiger partial charge in [0.05, 0.1) is 18.9 Å². The molecule has 1 N–H and O–H groups in total. The van der Waals surface area contributed by atoms with Crippen molar-refractivity contribution in [2.45, 2.75) is 12.4 Å². The number of rotatable bonds is 0. The average Bonchev–Trinajstić information content (AvgIpc) is 2.84. The number of nitrogens with zero attached hydrogens (tertiary/aromatic N) is 3. The number of aromatic nitrogens is 4. The minimum atomic E-state index is -4.32. The predicted molar refractivity (Wildman–Crippen MR) is 51.8 cm³/mol. The first-order valence-electron chi connectivity index (χ1n) is 4.71. The number of nitrogens with one attached hydrogen (secondary N) is 1. The van der Waals surface area contributed by atoms with Crippen molar-refractivity contribution in [1.29, 1.82) is 0 Å². The van der Waals surface area contributed by atoms with Crippen LogP contribution < -0.4 is 0 Å². The van der Waals surface area contributed by atoms with E-state index >= 15 is 0 Å². The third kappa shape index (κ3) is 4.64. The summed E-state index contributed by atoms with van der Waals surface area (Å²) in [6, 6.07) is 0. The lowest BCUT2D eigenvalue weighted by molar-refractivity contribution is -0.141. The van der Waals surface area contributed by atoms with E-state index in [0.29, 0.717) is 0 Å². The number of hydrogen-bond donors (Lipinski definition) is 1. The Kier molecular flexibility index (Phi) is 4.22. The summed E-state index contributed by atoms with van der Waals surface area (Å²) < 4.78 is 71.1. The van der Waals surface area contributed by atoms with Gasteiger partial charge in [0, 0.05) is 13.2 Å². The molecule has 0 atom stereocenters. The van der Waals surface area contributed by atoms with Crippen LogP contribution >= 0.6 is 0 Å². The Labute approximate surface area is 103 Å². The molecule has 0 saturated carbocycles. The highest BCUT2D eigenvalue weighted by Crippen LogP contribution is 2.27. The van der Waals surface area contributed by atoms with Crippen molar-refractivity contribution in [3.05, 3.63) is 36.4 Å². The molecule has 0 radical (unpaired) electrons. The number of aromatic amines is 1. The van der Waals surface area contributed by atoms with Crippen molar-refractivity contribution in [1.82, 2.24) is 19.5 Å². The molecule has 4 nitrogen and oxygen atoms in total. The van der Waals surface area contributed by atoms with Crippen LogP contribution in [-0.2, 0) is 19.4 Å². The van der Waals surface area contributed by atoms with Crippen LogP contribution in [0, 0.1) is 0 Å². The number of alkyl halides is 6. The van der Waals surface area contributed by atoms with Gasteiger partial charge in [-0.3, -0.25) is 0 Å². The number of halogens is 6. The van der Waals surface area contributed by atoms with Gasteiger partial charge in [0.15, 0.2) is 5.69 Å². The summed E-state index contributed by atoms with van der Waals surface area (Å²) >= 11 is 0. The number of aryl methyl sites for hydroxylation is 1. The van der Waals surface area contributed by atoms with Crippen LogP contribution in [0.25, 0.3) is 0 Å². The first kappa shape index (κ1) is 15.1. The largest absolute Gasteiger partial charge is 0.434 e. The van der Waals surface area contributed by atoms with Crippen LogP contribution in [0.3, 0.4) is 0 Å². The van der Waals surface area contributed by atoms with Crippen LogP contribution in [0.4, 0.5) is 26.3 Å². The molecular weight excluding hydrogens is 278 g/mol. The average molecular weight is 286 g/mol. The molecule has 0 unspecified atom stereocenters. The molecule has 0 aromatic carbocycles. The molecule has 2 rings (SSSR count). The lowest BCUT2D eigenvalue weighted by Crippen LogP contribution is -2.04. The fourth-order valence-electron chi connectivity index (χ4n) is 0.970. The van der Waals surface area contributed by atoms with Gasteiger partial charge in [0.25, 0.3) is 0 Å². The van der Waals surface area contributed by atoms with Gasteiger partial charge in [-0.15, -0.1) is 0 Å². The Morgan fingerprint density at radius 3 is 1.95 bits per heavy atom. The lowest BCUT2D eigenvalue weighted by atomic mass is 10.5. The van der Waals surface area contributed by atoms with Crippen molar-refractivity contribution < 1.29 is 26.3 Å². The molecule has 2 heterocycles. The van der Waals surface area contributed by atoms with Gasteiger partial charge >= 0.3 is 12.4 Å². The highest BCUT2D eigenvalue weighted by Gasteiger charge is 2.33. The monoisotopic (exact) mass is 286 g/mol. The lowest BCUT2D eigenvalue weighted by Gasteiger charge is -1.99. The zero-order chi connectivity index (χ0) is 14.7. The molecule has 0 saturated heterocycles. The zero-order valence-corrected chi connectivity index (χ0v) is 9.42. The topological polar surface area (TPSA) is 46.5 Å². The minimum Gasteiger partial charge on any atom is -0.341 e. The van der Waals surface area contributed by atoms with Crippen LogP contribution in [0.2, 0.25) is 0 Å². The fourth-order valence-corrected chi connectivity index (χ4v) is 0.970. The molecule has 106 valence electrons. The van der Waals surface area contributed by atoms with E-state index in [1.54, 1.807) is 0 Å². The molecule has 0 aliphatic rings. The quantitative estimate of drug-likeness (QED) is 0.757. The van der Waals surface area contributed by atoms with Crippen LogP contribution in [-0.4, -0.2) is 19.5 Å². The van der Waals surface area contributed by atoms with Crippen molar-refractivity contribution in [2.75, 3.05) is 0 Å². The number of hydrogen-bond acceptors (Lipinski definition) is 2. The number of H-pyrrole nitrogens is 1. The summed E-state index contributed by atoms with van der Waals surface area (Å²) in [4.78, 5) is 8.28. The number of imidazole rings is 2. The van der Waals surface area contributed by atoms with E-state index in [4.69, 9.17) is 0 Å². The molecule has 0 aliphatic heterocycles. The zero-order valence-electron chi connectivity index (χ0n) is 9.42. The van der Waals surface area contributed by atoms with Crippen molar-refractivity contribution in [3.63, 3.8) is 0 Å². The smallest absolute Gasteiger partial charge is 0.341 e. The van der Waals surface area contributed by atoms with Crippen LogP contribution in [0.5, 0.6) is 0 Å². The van der Waals surface area contributed by atoms with Gasteiger partial charge in [-0.25, -0.2) is 9.97 Å². The van der Waals surface area contributed by atoms with Crippen LogP contribution in [0.15, 0.2) is 25.0 Å². The molecule has 10 heteroatoms. The van der Waals surface area contributed by atoms with Gasteiger partial charge in [0.2, 0.25) is 0 Å². The van der Waals surface area contributed by atoms with Crippen molar-refractivity contribution in [3.8, 4) is 0 Å². The van der Waals surface area contributed by atoms with Crippen molar-refractivity contribution in [2.24, 2.45) is 7.05 Å². The Bertz CT molecular complexity index is 496. The summed E-state index contributed by atoms with van der Waals surface area (Å²) in [5.41, 5.74) is -1.67. The highest BCUT2D eigenvalue weighted by atomic mass is 19.4. The normalized spacial score (nSPS) is 11.9. The van der Waals surface area contributed by atoms with Crippen LogP contribution in [0.1, 0.15) is 11.4 Å². The maximum atomic E-state index is 11.7. The van der Waals surface area contributed by atoms with E-state index in [2.05, 4.69) is 9.97 Å². The summed E-state index contributed by atoms with van der Waals surface area (Å²) in [5, 5.41) is 0. The summed E-state index contributed by atoms with van der Waals surface area (Å²) in [6.07, 6.45) is -4.84. The minimum absolute atomic E-state index is 0.736. The Morgan fingerprint density at radius 2 is 1.74 bits per heavy atom. The first-order chi connectivity index (χ1) is 8.60. The Morgan fingerprint density at radius 1 is 1.11 bits per heavy atom. The highest BCUT2D eigenvalue weighted by molar-refractivity contribution is 5.00. The second-order valence-electron chi connectivity index (χ2n) is 3.39. The third-order valence-electron chi connectivity index (χ3n) is 1.80. The first-order valence-corrected chi connectivity index (χ1v) is 4.71. The van der Waals surface area contributed by atoms with E-state index in [-0.39, 0.29) is 0 Å². The summed E-state index contributed by atoms with van der Waals surface area (Å²) in [6.45, 7) is 0. The predicted octanol–water partition coefficient (Wildman–Crippen LogP) is 2.87. The van der Waals surface area contributed by atoms with E-state index < -0.39 is 23.7 Å². The van der Waals surface area contributed by atoms with Gasteiger partial charge in [-0.05, 0) is 0 Å². The van der Waals surface area contributed by atoms with E-state index in [9.17, 15) is 26.3 Å². The molecule has 19 heavy (non-hydrogen) atoms. The molecule has 0 aliphatic carbocycles. The van der Waals surface area contributed by atoms with E-state index in [1.165, 1.54) is 11.6 Å². The molecule has 0 spiro atoms. The molecule has 0 bridgehead atoms. The van der Waals surface area contributed by atoms with Gasteiger partial charge in [-0.2, -0.15) is 26.3 Å². The molecule has 2 aromatic rings. The Balaban J connectivity index is 0.000000191. The van der Waals surface area contributed by atoms with E-state index in [0.717, 1.165) is 25.0 Å².